The highest BCUT2D eigenvalue weighted by Gasteiger charge is 2.13. The highest BCUT2D eigenvalue weighted by molar-refractivity contribution is 5.46. The molecule has 0 spiro atoms. The van der Waals surface area contributed by atoms with Gasteiger partial charge in [-0.2, -0.15) is 5.10 Å². The minimum Gasteiger partial charge on any atom is -0.378 e. The summed E-state index contributed by atoms with van der Waals surface area (Å²) in [5, 5.41) is 4.58. The third kappa shape index (κ3) is 3.83. The molecule has 3 N–H and O–H groups in total. The summed E-state index contributed by atoms with van der Waals surface area (Å²) < 4.78 is 1.97. The summed E-state index contributed by atoms with van der Waals surface area (Å²) >= 11 is 0. The molecule has 5 heteroatoms. The van der Waals surface area contributed by atoms with E-state index in [1.54, 1.807) is 0 Å². The highest BCUT2D eigenvalue weighted by atomic mass is 15.3. The van der Waals surface area contributed by atoms with Gasteiger partial charge in [0.1, 0.15) is 0 Å². The van der Waals surface area contributed by atoms with E-state index in [0.29, 0.717) is 6.04 Å². The maximum absolute atomic E-state index is 5.72. The molecule has 114 valence electrons. The number of hydrazine groups is 1. The lowest BCUT2D eigenvalue weighted by Crippen LogP contribution is -2.29. The molecule has 0 saturated carbocycles. The first kappa shape index (κ1) is 15.5. The van der Waals surface area contributed by atoms with E-state index in [1.807, 2.05) is 25.0 Å². The first-order valence-corrected chi connectivity index (χ1v) is 7.28. The third-order valence-electron chi connectivity index (χ3n) is 3.62. The van der Waals surface area contributed by atoms with Gasteiger partial charge >= 0.3 is 0 Å². The average Bonchev–Trinajstić information content (AvgIpc) is 2.93. The molecule has 1 heterocycles. The van der Waals surface area contributed by atoms with E-state index in [9.17, 15) is 0 Å². The van der Waals surface area contributed by atoms with Crippen LogP contribution in [-0.4, -0.2) is 23.9 Å². The second-order valence-corrected chi connectivity index (χ2v) is 5.79. The van der Waals surface area contributed by atoms with Crippen LogP contribution in [0.5, 0.6) is 0 Å². The largest absolute Gasteiger partial charge is 0.378 e. The summed E-state index contributed by atoms with van der Waals surface area (Å²) in [6.07, 6.45) is 2.79. The van der Waals surface area contributed by atoms with E-state index >= 15 is 0 Å². The number of rotatable bonds is 6. The predicted octanol–water partition coefficient (Wildman–Crippen LogP) is 2.28. The number of aromatic nitrogens is 2. The Labute approximate surface area is 126 Å². The molecule has 0 aliphatic carbocycles. The summed E-state index contributed by atoms with van der Waals surface area (Å²) in [6.45, 7) is 4.24. The molecule has 0 radical (unpaired) electrons. The topological polar surface area (TPSA) is 59.1 Å². The van der Waals surface area contributed by atoms with Crippen LogP contribution in [0.1, 0.15) is 37.2 Å². The van der Waals surface area contributed by atoms with Gasteiger partial charge in [0.25, 0.3) is 0 Å². The van der Waals surface area contributed by atoms with Crippen molar-refractivity contribution in [3.05, 3.63) is 47.8 Å². The smallest absolute Gasteiger partial charge is 0.0644 e. The normalized spacial score (nSPS) is 12.7. The first-order valence-electron chi connectivity index (χ1n) is 7.28. The Bertz CT molecular complexity index is 556. The zero-order valence-electron chi connectivity index (χ0n) is 13.2. The second kappa shape index (κ2) is 6.74. The lowest BCUT2D eigenvalue weighted by Gasteiger charge is -2.17. The maximum atomic E-state index is 5.72. The fourth-order valence-corrected chi connectivity index (χ4v) is 2.26. The molecule has 0 amide bonds. The second-order valence-electron chi connectivity index (χ2n) is 5.79. The van der Waals surface area contributed by atoms with Gasteiger partial charge in [0.2, 0.25) is 0 Å². The Morgan fingerprint density at radius 2 is 1.86 bits per heavy atom. The Balaban J connectivity index is 2.11. The molecule has 1 aromatic carbocycles. The molecule has 1 unspecified atom stereocenters. The molecule has 0 aliphatic rings. The lowest BCUT2D eigenvalue weighted by atomic mass is 10.0. The van der Waals surface area contributed by atoms with Gasteiger partial charge in [0, 0.05) is 38.4 Å². The number of nitrogens with one attached hydrogen (secondary N) is 1. The molecule has 21 heavy (non-hydrogen) atoms. The number of benzene rings is 1. The third-order valence-corrected chi connectivity index (χ3v) is 3.62. The number of anilines is 1. The lowest BCUT2D eigenvalue weighted by molar-refractivity contribution is 0.507. The molecule has 0 saturated heterocycles. The fraction of sp³-hybridized carbons (Fsp3) is 0.438. The molecular weight excluding hydrogens is 262 g/mol. The summed E-state index contributed by atoms with van der Waals surface area (Å²) in [4.78, 5) is 2.08. The van der Waals surface area contributed by atoms with Crippen molar-refractivity contribution in [3.8, 4) is 0 Å². The van der Waals surface area contributed by atoms with Gasteiger partial charge in [-0.15, -0.1) is 0 Å². The van der Waals surface area contributed by atoms with Gasteiger partial charge in [-0.1, -0.05) is 12.1 Å². The van der Waals surface area contributed by atoms with Crippen LogP contribution in [-0.2, 0) is 6.42 Å². The van der Waals surface area contributed by atoms with Crippen LogP contribution in [0.15, 0.2) is 36.5 Å². The van der Waals surface area contributed by atoms with Crippen molar-refractivity contribution in [3.63, 3.8) is 0 Å². The molecular formula is C16H25N5. The summed E-state index contributed by atoms with van der Waals surface area (Å²) in [5.74, 6) is 5.72. The summed E-state index contributed by atoms with van der Waals surface area (Å²) in [7, 11) is 4.07. The van der Waals surface area contributed by atoms with Gasteiger partial charge in [-0.3, -0.25) is 16.0 Å². The summed E-state index contributed by atoms with van der Waals surface area (Å²) in [5.41, 5.74) is 6.28. The summed E-state index contributed by atoms with van der Waals surface area (Å²) in [6, 6.07) is 10.9. The molecule has 1 aromatic heterocycles. The first-order chi connectivity index (χ1) is 10.0. The molecule has 0 bridgehead atoms. The predicted molar refractivity (Wildman–Crippen MR) is 87.1 cm³/mol. The van der Waals surface area contributed by atoms with E-state index < -0.39 is 0 Å². The minimum atomic E-state index is 0.0664. The van der Waals surface area contributed by atoms with Crippen LogP contribution >= 0.6 is 0 Å². The van der Waals surface area contributed by atoms with Crippen molar-refractivity contribution in [2.45, 2.75) is 32.4 Å². The van der Waals surface area contributed by atoms with E-state index in [4.69, 9.17) is 5.84 Å². The van der Waals surface area contributed by atoms with Gasteiger partial charge in [0.15, 0.2) is 0 Å². The maximum Gasteiger partial charge on any atom is 0.0644 e. The van der Waals surface area contributed by atoms with Crippen LogP contribution < -0.4 is 16.2 Å². The van der Waals surface area contributed by atoms with E-state index in [-0.39, 0.29) is 6.04 Å². The Kier molecular flexibility index (Phi) is 4.98. The Hall–Kier alpha value is -1.85. The van der Waals surface area contributed by atoms with Crippen molar-refractivity contribution in [1.29, 1.82) is 0 Å². The number of nitrogens with two attached hydrogens (primary N) is 1. The van der Waals surface area contributed by atoms with Gasteiger partial charge < -0.3 is 4.90 Å². The van der Waals surface area contributed by atoms with Crippen LogP contribution in [0.4, 0.5) is 5.69 Å². The van der Waals surface area contributed by atoms with Crippen molar-refractivity contribution in [2.24, 2.45) is 5.84 Å². The van der Waals surface area contributed by atoms with Crippen molar-refractivity contribution >= 4 is 5.69 Å². The molecule has 1 atom stereocenters. The van der Waals surface area contributed by atoms with E-state index in [1.165, 1.54) is 11.3 Å². The molecule has 0 fully saturated rings. The SMILES string of the molecule is CC(C)n1ccc(CC(NN)c2ccc(N(C)C)cc2)n1. The molecule has 2 rings (SSSR count). The zero-order valence-corrected chi connectivity index (χ0v) is 13.2. The Morgan fingerprint density at radius 1 is 1.19 bits per heavy atom. The minimum absolute atomic E-state index is 0.0664. The Morgan fingerprint density at radius 3 is 2.33 bits per heavy atom. The number of hydrogen-bond donors (Lipinski definition) is 2. The zero-order chi connectivity index (χ0) is 15.4. The van der Waals surface area contributed by atoms with E-state index in [0.717, 1.165) is 12.1 Å². The highest BCUT2D eigenvalue weighted by Crippen LogP contribution is 2.20. The molecule has 5 nitrogen and oxygen atoms in total. The average molecular weight is 287 g/mol. The number of nitrogens with zero attached hydrogens (tertiary/aromatic N) is 3. The van der Waals surface area contributed by atoms with Gasteiger partial charge in [-0.25, -0.2) is 0 Å². The van der Waals surface area contributed by atoms with Crippen molar-refractivity contribution in [1.82, 2.24) is 15.2 Å². The number of hydrogen-bond acceptors (Lipinski definition) is 4. The monoisotopic (exact) mass is 287 g/mol. The molecule has 0 aliphatic heterocycles. The van der Waals surface area contributed by atoms with Gasteiger partial charge in [0.05, 0.1) is 11.7 Å². The van der Waals surface area contributed by atoms with Gasteiger partial charge in [-0.05, 0) is 37.6 Å². The van der Waals surface area contributed by atoms with E-state index in [2.05, 4.69) is 59.6 Å². The van der Waals surface area contributed by atoms with Crippen LogP contribution in [0.3, 0.4) is 0 Å². The quantitative estimate of drug-likeness (QED) is 0.632. The van der Waals surface area contributed by atoms with Crippen LogP contribution in [0.2, 0.25) is 0 Å². The van der Waals surface area contributed by atoms with Crippen molar-refractivity contribution in [2.75, 3.05) is 19.0 Å². The van der Waals surface area contributed by atoms with Crippen molar-refractivity contribution < 1.29 is 0 Å². The fourth-order valence-electron chi connectivity index (χ4n) is 2.26. The standard InChI is InChI=1S/C16H25N5/c1-12(2)21-10-9-14(19-21)11-16(18-17)13-5-7-15(8-6-13)20(3)4/h5-10,12,16,18H,11,17H2,1-4H3. The van der Waals surface area contributed by atoms with Crippen LogP contribution in [0, 0.1) is 0 Å². The van der Waals surface area contributed by atoms with Crippen LogP contribution in [0.25, 0.3) is 0 Å². The molecule has 2 aromatic rings.